The molecule has 2 rings (SSSR count). The summed E-state index contributed by atoms with van der Waals surface area (Å²) >= 11 is 6.23. The van der Waals surface area contributed by atoms with E-state index >= 15 is 0 Å². The van der Waals surface area contributed by atoms with Gasteiger partial charge in [0.25, 0.3) is 0 Å². The molecule has 0 spiro atoms. The standard InChI is InChI=1S/C17H21ClN4/c1-12-7-6-10-20-16(12)11-21-17(19-3)22-13(2)14-8-4-5-9-15(14)18/h4-10,13H,11H2,1-3H3,(H2,19,21,22). The van der Waals surface area contributed by atoms with Crippen molar-refractivity contribution in [3.05, 3.63) is 64.4 Å². The molecule has 22 heavy (non-hydrogen) atoms. The van der Waals surface area contributed by atoms with E-state index in [1.807, 2.05) is 43.3 Å². The van der Waals surface area contributed by atoms with Gasteiger partial charge in [-0.3, -0.25) is 9.98 Å². The first-order valence-corrected chi connectivity index (χ1v) is 7.61. The van der Waals surface area contributed by atoms with Crippen LogP contribution < -0.4 is 10.6 Å². The van der Waals surface area contributed by atoms with Crippen molar-refractivity contribution >= 4 is 17.6 Å². The Morgan fingerprint density at radius 3 is 2.73 bits per heavy atom. The van der Waals surface area contributed by atoms with Gasteiger partial charge in [0.15, 0.2) is 5.96 Å². The van der Waals surface area contributed by atoms with Crippen LogP contribution in [0.2, 0.25) is 5.02 Å². The Hall–Kier alpha value is -2.07. The molecule has 1 aromatic carbocycles. The molecule has 0 saturated carbocycles. The highest BCUT2D eigenvalue weighted by Gasteiger charge is 2.11. The van der Waals surface area contributed by atoms with Crippen LogP contribution in [0.15, 0.2) is 47.6 Å². The summed E-state index contributed by atoms with van der Waals surface area (Å²) in [6, 6.07) is 11.9. The van der Waals surface area contributed by atoms with E-state index in [1.54, 1.807) is 13.2 Å². The van der Waals surface area contributed by atoms with Crippen LogP contribution in [0.1, 0.15) is 29.8 Å². The molecule has 0 saturated heterocycles. The van der Waals surface area contributed by atoms with Crippen molar-refractivity contribution in [3.8, 4) is 0 Å². The van der Waals surface area contributed by atoms with E-state index in [-0.39, 0.29) is 6.04 Å². The maximum absolute atomic E-state index is 6.23. The number of aromatic nitrogens is 1. The van der Waals surface area contributed by atoms with Crippen LogP contribution in [0.25, 0.3) is 0 Å². The predicted molar refractivity (Wildman–Crippen MR) is 92.2 cm³/mol. The van der Waals surface area contributed by atoms with Crippen LogP contribution in [-0.2, 0) is 6.54 Å². The summed E-state index contributed by atoms with van der Waals surface area (Å²) in [5, 5.41) is 7.37. The van der Waals surface area contributed by atoms with Crippen molar-refractivity contribution in [3.63, 3.8) is 0 Å². The number of benzene rings is 1. The molecule has 0 radical (unpaired) electrons. The number of rotatable bonds is 4. The fourth-order valence-electron chi connectivity index (χ4n) is 2.17. The molecule has 4 nitrogen and oxygen atoms in total. The minimum absolute atomic E-state index is 0.0599. The maximum Gasteiger partial charge on any atom is 0.191 e. The molecule has 0 aliphatic carbocycles. The van der Waals surface area contributed by atoms with Crippen LogP contribution in [0.3, 0.4) is 0 Å². The molecule has 0 bridgehead atoms. The highest BCUT2D eigenvalue weighted by Crippen LogP contribution is 2.21. The quantitative estimate of drug-likeness (QED) is 0.671. The maximum atomic E-state index is 6.23. The van der Waals surface area contributed by atoms with Crippen LogP contribution in [0.5, 0.6) is 0 Å². The number of hydrogen-bond acceptors (Lipinski definition) is 2. The van der Waals surface area contributed by atoms with E-state index in [4.69, 9.17) is 11.6 Å². The Balaban J connectivity index is 1.98. The first-order valence-electron chi connectivity index (χ1n) is 7.24. The van der Waals surface area contributed by atoms with E-state index in [1.165, 1.54) is 0 Å². The minimum atomic E-state index is 0.0599. The van der Waals surface area contributed by atoms with Crippen molar-refractivity contribution in [1.29, 1.82) is 0 Å². The molecular formula is C17H21ClN4. The molecule has 5 heteroatoms. The highest BCUT2D eigenvalue weighted by molar-refractivity contribution is 6.31. The van der Waals surface area contributed by atoms with Crippen LogP contribution in [-0.4, -0.2) is 18.0 Å². The van der Waals surface area contributed by atoms with Crippen molar-refractivity contribution in [2.45, 2.75) is 26.4 Å². The smallest absolute Gasteiger partial charge is 0.191 e. The van der Waals surface area contributed by atoms with Gasteiger partial charge in [0.05, 0.1) is 18.3 Å². The lowest BCUT2D eigenvalue weighted by atomic mass is 10.1. The monoisotopic (exact) mass is 316 g/mol. The number of aryl methyl sites for hydroxylation is 1. The number of nitrogens with one attached hydrogen (secondary N) is 2. The van der Waals surface area contributed by atoms with Crippen molar-refractivity contribution in [1.82, 2.24) is 15.6 Å². The molecule has 1 heterocycles. The average molecular weight is 317 g/mol. The number of hydrogen-bond donors (Lipinski definition) is 2. The molecule has 116 valence electrons. The van der Waals surface area contributed by atoms with E-state index in [0.717, 1.165) is 27.8 Å². The van der Waals surface area contributed by atoms with Crippen molar-refractivity contribution < 1.29 is 0 Å². The van der Waals surface area contributed by atoms with E-state index < -0.39 is 0 Å². The number of guanidine groups is 1. The fraction of sp³-hybridized carbons (Fsp3) is 0.294. The van der Waals surface area contributed by atoms with Crippen molar-refractivity contribution in [2.75, 3.05) is 7.05 Å². The van der Waals surface area contributed by atoms with Crippen LogP contribution in [0, 0.1) is 6.92 Å². The zero-order chi connectivity index (χ0) is 15.9. The molecule has 1 unspecified atom stereocenters. The molecular weight excluding hydrogens is 296 g/mol. The summed E-state index contributed by atoms with van der Waals surface area (Å²) in [5.41, 5.74) is 3.21. The number of halogens is 1. The van der Waals surface area contributed by atoms with Gasteiger partial charge in [-0.25, -0.2) is 0 Å². The molecule has 0 aliphatic heterocycles. The second-order valence-electron chi connectivity index (χ2n) is 5.08. The van der Waals surface area contributed by atoms with Gasteiger partial charge in [0.1, 0.15) is 0 Å². The van der Waals surface area contributed by atoms with Gasteiger partial charge < -0.3 is 10.6 Å². The topological polar surface area (TPSA) is 49.3 Å². The molecule has 2 N–H and O–H groups in total. The zero-order valence-electron chi connectivity index (χ0n) is 13.1. The van der Waals surface area contributed by atoms with E-state index in [9.17, 15) is 0 Å². The SMILES string of the molecule is CN=C(NCc1ncccc1C)NC(C)c1ccccc1Cl. The third-order valence-corrected chi connectivity index (χ3v) is 3.83. The summed E-state index contributed by atoms with van der Waals surface area (Å²) < 4.78 is 0. The Kier molecular flexibility index (Phi) is 5.78. The van der Waals surface area contributed by atoms with Crippen molar-refractivity contribution in [2.24, 2.45) is 4.99 Å². The lowest BCUT2D eigenvalue weighted by Gasteiger charge is -2.19. The van der Waals surface area contributed by atoms with Gasteiger partial charge in [-0.1, -0.05) is 35.9 Å². The largest absolute Gasteiger partial charge is 0.351 e. The van der Waals surface area contributed by atoms with Gasteiger partial charge in [0, 0.05) is 18.3 Å². The van der Waals surface area contributed by atoms with Gasteiger partial charge in [-0.05, 0) is 37.1 Å². The molecule has 0 aliphatic rings. The molecule has 0 fully saturated rings. The predicted octanol–water partition coefficient (Wildman–Crippen LogP) is 3.47. The average Bonchev–Trinajstić information content (AvgIpc) is 2.53. The molecule has 2 aromatic rings. The third kappa shape index (κ3) is 4.21. The summed E-state index contributed by atoms with van der Waals surface area (Å²) in [7, 11) is 1.75. The van der Waals surface area contributed by atoms with Gasteiger partial charge in [-0.15, -0.1) is 0 Å². The van der Waals surface area contributed by atoms with Crippen LogP contribution >= 0.6 is 11.6 Å². The van der Waals surface area contributed by atoms with Gasteiger partial charge in [0.2, 0.25) is 0 Å². The summed E-state index contributed by atoms with van der Waals surface area (Å²) in [6.07, 6.45) is 1.80. The Labute approximate surface area is 136 Å². The fourth-order valence-corrected chi connectivity index (χ4v) is 2.47. The lowest BCUT2D eigenvalue weighted by Crippen LogP contribution is -2.38. The third-order valence-electron chi connectivity index (χ3n) is 3.49. The summed E-state index contributed by atoms with van der Waals surface area (Å²) in [4.78, 5) is 8.62. The van der Waals surface area contributed by atoms with Gasteiger partial charge in [-0.2, -0.15) is 0 Å². The van der Waals surface area contributed by atoms with Crippen LogP contribution in [0.4, 0.5) is 0 Å². The second-order valence-corrected chi connectivity index (χ2v) is 5.49. The molecule has 1 atom stereocenters. The first kappa shape index (κ1) is 16.3. The minimum Gasteiger partial charge on any atom is -0.351 e. The number of pyridine rings is 1. The van der Waals surface area contributed by atoms with E-state index in [2.05, 4.69) is 27.5 Å². The van der Waals surface area contributed by atoms with Gasteiger partial charge >= 0.3 is 0 Å². The Morgan fingerprint density at radius 2 is 2.05 bits per heavy atom. The van der Waals surface area contributed by atoms with E-state index in [0.29, 0.717) is 6.54 Å². The summed E-state index contributed by atoms with van der Waals surface area (Å²) in [6.45, 7) is 4.73. The zero-order valence-corrected chi connectivity index (χ0v) is 13.9. The number of aliphatic imine (C=N–C) groups is 1. The Morgan fingerprint density at radius 1 is 1.27 bits per heavy atom. The first-order chi connectivity index (χ1) is 10.6. The second kappa shape index (κ2) is 7.80. The summed E-state index contributed by atoms with van der Waals surface area (Å²) in [5.74, 6) is 0.720. The highest BCUT2D eigenvalue weighted by atomic mass is 35.5. The normalized spacial score (nSPS) is 12.8. The lowest BCUT2D eigenvalue weighted by molar-refractivity contribution is 0.682. The molecule has 1 aromatic heterocycles. The molecule has 0 amide bonds. The number of nitrogens with zero attached hydrogens (tertiary/aromatic N) is 2. The Bertz CT molecular complexity index is 655.